The minimum atomic E-state index is -3.59. The number of fused-ring (bicyclic) bond motifs is 1. The van der Waals surface area contributed by atoms with E-state index in [2.05, 4.69) is 0 Å². The lowest BCUT2D eigenvalue weighted by Gasteiger charge is -2.43. The molecule has 0 N–H and O–H groups in total. The molecular formula is C24H23FN2O3S. The molecule has 1 amide bonds. The predicted octanol–water partition coefficient (Wildman–Crippen LogP) is 4.77. The second-order valence-corrected chi connectivity index (χ2v) is 9.60. The standard InChI is InChI=1S/C24H23FN2O3S/c1-17-16-23(27(31(2,29)30)20-8-4-3-5-9-20)21-10-6-7-11-22(21)26(17)24(28)18-12-14-19(25)15-13-18/h3-15,17,23H,16H2,1-2H3/t17-,23+/m0/s1. The van der Waals surface area contributed by atoms with Crippen molar-refractivity contribution in [3.8, 4) is 0 Å². The Labute approximate surface area is 181 Å². The molecule has 4 rings (SSSR count). The van der Waals surface area contributed by atoms with Crippen molar-refractivity contribution in [3.05, 3.63) is 95.8 Å². The number of hydrogen-bond donors (Lipinski definition) is 0. The number of nitrogens with zero attached hydrogens (tertiary/aromatic N) is 2. The summed E-state index contributed by atoms with van der Waals surface area (Å²) >= 11 is 0. The van der Waals surface area contributed by atoms with E-state index in [-0.39, 0.29) is 11.9 Å². The van der Waals surface area contributed by atoms with Crippen molar-refractivity contribution >= 4 is 27.3 Å². The Kier molecular flexibility index (Phi) is 5.54. The molecule has 1 aliphatic rings. The minimum absolute atomic E-state index is 0.246. The predicted molar refractivity (Wildman–Crippen MR) is 120 cm³/mol. The number of anilines is 2. The average molecular weight is 439 g/mol. The first kappa shape index (κ1) is 21.1. The van der Waals surface area contributed by atoms with E-state index in [4.69, 9.17) is 0 Å². The second kappa shape index (κ2) is 8.15. The number of benzene rings is 3. The highest BCUT2D eigenvalue weighted by Gasteiger charge is 2.39. The molecule has 7 heteroatoms. The number of para-hydroxylation sites is 2. The number of halogens is 1. The van der Waals surface area contributed by atoms with Crippen LogP contribution in [0.4, 0.5) is 15.8 Å². The highest BCUT2D eigenvalue weighted by Crippen LogP contribution is 2.43. The molecule has 0 saturated heterocycles. The van der Waals surface area contributed by atoms with Crippen LogP contribution in [0.5, 0.6) is 0 Å². The van der Waals surface area contributed by atoms with Crippen molar-refractivity contribution in [1.29, 1.82) is 0 Å². The van der Waals surface area contributed by atoms with Crippen molar-refractivity contribution in [2.24, 2.45) is 0 Å². The summed E-state index contributed by atoms with van der Waals surface area (Å²) < 4.78 is 40.4. The summed E-state index contributed by atoms with van der Waals surface area (Å²) in [6, 6.07) is 21.0. The number of rotatable bonds is 4. The van der Waals surface area contributed by atoms with Crippen LogP contribution in [0, 0.1) is 5.82 Å². The van der Waals surface area contributed by atoms with Gasteiger partial charge in [0.25, 0.3) is 5.91 Å². The van der Waals surface area contributed by atoms with Crippen LogP contribution in [0.15, 0.2) is 78.9 Å². The first-order valence-corrected chi connectivity index (χ1v) is 11.8. The van der Waals surface area contributed by atoms with Gasteiger partial charge in [0.1, 0.15) is 5.82 Å². The Bertz CT molecular complexity index is 1200. The number of hydrogen-bond acceptors (Lipinski definition) is 3. The molecule has 1 aliphatic heterocycles. The van der Waals surface area contributed by atoms with Gasteiger partial charge in [0, 0.05) is 17.3 Å². The van der Waals surface area contributed by atoms with Gasteiger partial charge >= 0.3 is 0 Å². The van der Waals surface area contributed by atoms with E-state index in [0.717, 1.165) is 5.56 Å². The van der Waals surface area contributed by atoms with Crippen LogP contribution in [0.3, 0.4) is 0 Å². The van der Waals surface area contributed by atoms with E-state index in [0.29, 0.717) is 23.4 Å². The van der Waals surface area contributed by atoms with Crippen molar-refractivity contribution in [3.63, 3.8) is 0 Å². The van der Waals surface area contributed by atoms with Gasteiger partial charge in [0.05, 0.1) is 18.0 Å². The Morgan fingerprint density at radius 1 is 0.968 bits per heavy atom. The minimum Gasteiger partial charge on any atom is -0.305 e. The smallest absolute Gasteiger partial charge is 0.258 e. The molecule has 1 heterocycles. The van der Waals surface area contributed by atoms with E-state index < -0.39 is 21.9 Å². The van der Waals surface area contributed by atoms with Gasteiger partial charge in [-0.15, -0.1) is 0 Å². The monoisotopic (exact) mass is 438 g/mol. The zero-order valence-electron chi connectivity index (χ0n) is 17.3. The summed E-state index contributed by atoms with van der Waals surface area (Å²) in [5, 5.41) is 0. The lowest BCUT2D eigenvalue weighted by atomic mass is 9.90. The fourth-order valence-corrected chi connectivity index (χ4v) is 5.39. The summed E-state index contributed by atoms with van der Waals surface area (Å²) in [6.07, 6.45) is 1.62. The zero-order valence-corrected chi connectivity index (χ0v) is 18.1. The Hall–Kier alpha value is -3.19. The molecule has 31 heavy (non-hydrogen) atoms. The van der Waals surface area contributed by atoms with E-state index in [1.807, 2.05) is 37.3 Å². The Morgan fingerprint density at radius 2 is 1.58 bits per heavy atom. The maximum absolute atomic E-state index is 13.3. The maximum Gasteiger partial charge on any atom is 0.258 e. The molecule has 3 aromatic carbocycles. The second-order valence-electron chi connectivity index (χ2n) is 7.74. The van der Waals surface area contributed by atoms with Gasteiger partial charge < -0.3 is 4.90 Å². The summed E-state index contributed by atoms with van der Waals surface area (Å²) in [5.41, 5.74) is 2.37. The summed E-state index contributed by atoms with van der Waals surface area (Å²) in [4.78, 5) is 15.0. The van der Waals surface area contributed by atoms with Crippen molar-refractivity contribution < 1.29 is 17.6 Å². The van der Waals surface area contributed by atoms with Gasteiger partial charge in [-0.1, -0.05) is 36.4 Å². The van der Waals surface area contributed by atoms with E-state index in [1.165, 1.54) is 34.8 Å². The largest absolute Gasteiger partial charge is 0.305 e. The van der Waals surface area contributed by atoms with E-state index >= 15 is 0 Å². The lowest BCUT2D eigenvalue weighted by Crippen LogP contribution is -2.47. The van der Waals surface area contributed by atoms with Gasteiger partial charge in [-0.3, -0.25) is 9.10 Å². The molecule has 0 bridgehead atoms. The summed E-state index contributed by atoms with van der Waals surface area (Å²) in [5.74, 6) is -0.653. The molecule has 160 valence electrons. The van der Waals surface area contributed by atoms with E-state index in [1.54, 1.807) is 29.2 Å². The molecule has 0 aromatic heterocycles. The van der Waals surface area contributed by atoms with Crippen LogP contribution in [-0.2, 0) is 10.0 Å². The number of amides is 1. The maximum atomic E-state index is 13.3. The molecule has 3 aromatic rings. The van der Waals surface area contributed by atoms with Crippen LogP contribution in [0.1, 0.15) is 35.3 Å². The fraction of sp³-hybridized carbons (Fsp3) is 0.208. The van der Waals surface area contributed by atoms with Crippen LogP contribution in [0.2, 0.25) is 0 Å². The Morgan fingerprint density at radius 3 is 2.23 bits per heavy atom. The third-order valence-electron chi connectivity index (χ3n) is 5.52. The lowest BCUT2D eigenvalue weighted by molar-refractivity contribution is 0.0974. The first-order chi connectivity index (χ1) is 14.8. The van der Waals surface area contributed by atoms with Gasteiger partial charge in [0.15, 0.2) is 0 Å². The van der Waals surface area contributed by atoms with Crippen molar-refractivity contribution in [2.75, 3.05) is 15.5 Å². The highest BCUT2D eigenvalue weighted by atomic mass is 32.2. The zero-order chi connectivity index (χ0) is 22.2. The van der Waals surface area contributed by atoms with Gasteiger partial charge in [0.2, 0.25) is 10.0 Å². The van der Waals surface area contributed by atoms with Crippen LogP contribution in [-0.4, -0.2) is 26.6 Å². The number of carbonyl (C=O) groups excluding carboxylic acids is 1. The molecule has 0 unspecified atom stereocenters. The Balaban J connectivity index is 1.81. The van der Waals surface area contributed by atoms with Gasteiger partial charge in [-0.25, -0.2) is 12.8 Å². The molecule has 0 spiro atoms. The van der Waals surface area contributed by atoms with Gasteiger partial charge in [-0.2, -0.15) is 0 Å². The SMILES string of the molecule is C[C@H]1C[C@@H](N(c2ccccc2)S(C)(=O)=O)c2ccccc2N1C(=O)c1ccc(F)cc1. The summed E-state index contributed by atoms with van der Waals surface area (Å²) in [7, 11) is -3.59. The quantitative estimate of drug-likeness (QED) is 0.590. The topological polar surface area (TPSA) is 57.7 Å². The normalized spacial score (nSPS) is 18.4. The van der Waals surface area contributed by atoms with Crippen molar-refractivity contribution in [1.82, 2.24) is 0 Å². The van der Waals surface area contributed by atoms with Crippen LogP contribution >= 0.6 is 0 Å². The third kappa shape index (κ3) is 4.05. The molecule has 0 fully saturated rings. The third-order valence-corrected chi connectivity index (χ3v) is 6.70. The van der Waals surface area contributed by atoms with Crippen LogP contribution in [0.25, 0.3) is 0 Å². The molecule has 5 nitrogen and oxygen atoms in total. The number of sulfonamides is 1. The number of carbonyl (C=O) groups is 1. The molecule has 2 atom stereocenters. The first-order valence-electron chi connectivity index (χ1n) is 10.00. The van der Waals surface area contributed by atoms with Crippen molar-refractivity contribution in [2.45, 2.75) is 25.4 Å². The molecular weight excluding hydrogens is 415 g/mol. The highest BCUT2D eigenvalue weighted by molar-refractivity contribution is 7.92. The molecule has 0 saturated carbocycles. The molecule has 0 aliphatic carbocycles. The molecule has 0 radical (unpaired) electrons. The fourth-order valence-electron chi connectivity index (χ4n) is 4.22. The van der Waals surface area contributed by atoms with Gasteiger partial charge in [-0.05, 0) is 61.4 Å². The van der Waals surface area contributed by atoms with E-state index in [9.17, 15) is 17.6 Å². The van der Waals surface area contributed by atoms with Crippen LogP contribution < -0.4 is 9.21 Å². The average Bonchev–Trinajstić information content (AvgIpc) is 2.74. The summed E-state index contributed by atoms with van der Waals surface area (Å²) in [6.45, 7) is 1.90.